The normalized spacial score (nSPS) is 12.8. The molecule has 0 aliphatic heterocycles. The number of nitrogens with zero attached hydrogens (tertiary/aromatic N) is 1. The van der Waals surface area contributed by atoms with Gasteiger partial charge in [0.25, 0.3) is 0 Å². The first-order chi connectivity index (χ1) is 11.7. The van der Waals surface area contributed by atoms with Crippen LogP contribution >= 0.6 is 0 Å². The van der Waals surface area contributed by atoms with Crippen molar-refractivity contribution in [3.8, 4) is 5.75 Å². The second-order valence-electron chi connectivity index (χ2n) is 6.31. The number of anilines is 1. The highest BCUT2D eigenvalue weighted by Gasteiger charge is 2.30. The van der Waals surface area contributed by atoms with Gasteiger partial charge in [0.1, 0.15) is 5.75 Å². The average molecular weight is 372 g/mol. The van der Waals surface area contributed by atoms with Gasteiger partial charge < -0.3 is 20.1 Å². The van der Waals surface area contributed by atoms with Gasteiger partial charge in [-0.25, -0.2) is 8.42 Å². The number of nitrogens with one attached hydrogen (secondary N) is 2. The van der Waals surface area contributed by atoms with Crippen LogP contribution in [0.5, 0.6) is 5.75 Å². The number of hydrogen-bond donors (Lipinski definition) is 2. The third-order valence-electron chi connectivity index (χ3n) is 3.77. The average Bonchev–Trinajstić information content (AvgIpc) is 2.55. The standard InChI is InChI=1S/C17H29N3O4S/c1-17(2,25(5,21)22)13-19-16(18-3)20-14-8-6-9-15(12-14)24-11-7-10-23-4/h6,8-9,12H,7,10-11,13H2,1-5H3,(H2,18,19,20). The number of sulfone groups is 1. The van der Waals surface area contributed by atoms with Crippen molar-refractivity contribution in [2.24, 2.45) is 4.99 Å². The Morgan fingerprint density at radius 3 is 2.60 bits per heavy atom. The van der Waals surface area contributed by atoms with Crippen molar-refractivity contribution in [2.75, 3.05) is 45.5 Å². The fourth-order valence-corrected chi connectivity index (χ4v) is 2.13. The summed E-state index contributed by atoms with van der Waals surface area (Å²) < 4.78 is 33.3. The Hall–Kier alpha value is -1.80. The van der Waals surface area contributed by atoms with E-state index in [1.807, 2.05) is 24.3 Å². The number of aliphatic imine (C=N–C) groups is 1. The third kappa shape index (κ3) is 7.31. The molecule has 1 aromatic carbocycles. The maximum atomic E-state index is 11.8. The topological polar surface area (TPSA) is 89.0 Å². The van der Waals surface area contributed by atoms with Gasteiger partial charge in [0.15, 0.2) is 15.8 Å². The molecule has 1 rings (SSSR count). The van der Waals surface area contributed by atoms with E-state index in [-0.39, 0.29) is 6.54 Å². The lowest BCUT2D eigenvalue weighted by Gasteiger charge is -2.24. The van der Waals surface area contributed by atoms with Gasteiger partial charge in [0.2, 0.25) is 0 Å². The molecule has 1 aromatic rings. The molecule has 25 heavy (non-hydrogen) atoms. The molecule has 0 radical (unpaired) electrons. The quantitative estimate of drug-likeness (QED) is 0.392. The molecule has 0 aromatic heterocycles. The van der Waals surface area contributed by atoms with Crippen LogP contribution in [-0.4, -0.2) is 59.3 Å². The summed E-state index contributed by atoms with van der Waals surface area (Å²) in [5.74, 6) is 1.24. The number of rotatable bonds is 9. The Kier molecular flexibility index (Phi) is 8.18. The van der Waals surface area contributed by atoms with Crippen LogP contribution in [0.4, 0.5) is 5.69 Å². The first-order valence-corrected chi connectivity index (χ1v) is 9.98. The fourth-order valence-electron chi connectivity index (χ4n) is 1.80. The summed E-state index contributed by atoms with van der Waals surface area (Å²) in [6.45, 7) is 4.84. The Morgan fingerprint density at radius 2 is 2.00 bits per heavy atom. The monoisotopic (exact) mass is 371 g/mol. The summed E-state index contributed by atoms with van der Waals surface area (Å²) in [5, 5.41) is 6.18. The largest absolute Gasteiger partial charge is 0.493 e. The minimum absolute atomic E-state index is 0.249. The molecule has 142 valence electrons. The van der Waals surface area contributed by atoms with Gasteiger partial charge in [-0.1, -0.05) is 6.07 Å². The molecule has 0 bridgehead atoms. The van der Waals surface area contributed by atoms with Crippen molar-refractivity contribution in [1.82, 2.24) is 5.32 Å². The first kappa shape index (κ1) is 21.2. The van der Waals surface area contributed by atoms with Crippen molar-refractivity contribution in [2.45, 2.75) is 25.0 Å². The highest BCUT2D eigenvalue weighted by Crippen LogP contribution is 2.18. The van der Waals surface area contributed by atoms with Crippen LogP contribution in [0.3, 0.4) is 0 Å². The summed E-state index contributed by atoms with van der Waals surface area (Å²) in [5.41, 5.74) is 0.800. The molecule has 0 unspecified atom stereocenters. The molecule has 0 fully saturated rings. The predicted octanol–water partition coefficient (Wildman–Crippen LogP) is 1.91. The molecule has 0 aliphatic carbocycles. The van der Waals surface area contributed by atoms with Crippen LogP contribution in [0.1, 0.15) is 20.3 Å². The second kappa shape index (κ2) is 9.62. The maximum absolute atomic E-state index is 11.8. The van der Waals surface area contributed by atoms with Crippen LogP contribution in [0, 0.1) is 0 Å². The van der Waals surface area contributed by atoms with Crippen molar-refractivity contribution < 1.29 is 17.9 Å². The molecule has 0 amide bonds. The van der Waals surface area contributed by atoms with E-state index in [1.165, 1.54) is 6.26 Å². The highest BCUT2D eigenvalue weighted by atomic mass is 32.2. The minimum Gasteiger partial charge on any atom is -0.493 e. The maximum Gasteiger partial charge on any atom is 0.195 e. The van der Waals surface area contributed by atoms with E-state index in [0.29, 0.717) is 19.2 Å². The summed E-state index contributed by atoms with van der Waals surface area (Å²) in [6, 6.07) is 7.50. The van der Waals surface area contributed by atoms with E-state index in [9.17, 15) is 8.42 Å². The molecule has 0 saturated heterocycles. The molecule has 8 heteroatoms. The number of guanidine groups is 1. The first-order valence-electron chi connectivity index (χ1n) is 8.08. The summed E-state index contributed by atoms with van der Waals surface area (Å²) in [4.78, 5) is 4.13. The van der Waals surface area contributed by atoms with Crippen LogP contribution in [0.15, 0.2) is 29.3 Å². The van der Waals surface area contributed by atoms with E-state index < -0.39 is 14.6 Å². The molecular weight excluding hydrogens is 342 g/mol. The van der Waals surface area contributed by atoms with E-state index in [2.05, 4.69) is 15.6 Å². The van der Waals surface area contributed by atoms with Gasteiger partial charge in [-0.3, -0.25) is 4.99 Å². The van der Waals surface area contributed by atoms with E-state index >= 15 is 0 Å². The second-order valence-corrected chi connectivity index (χ2v) is 8.95. The molecule has 0 aliphatic rings. The van der Waals surface area contributed by atoms with Crippen LogP contribution in [0.2, 0.25) is 0 Å². The summed E-state index contributed by atoms with van der Waals surface area (Å²) >= 11 is 0. The summed E-state index contributed by atoms with van der Waals surface area (Å²) in [7, 11) is 0.117. The van der Waals surface area contributed by atoms with Crippen LogP contribution in [-0.2, 0) is 14.6 Å². The van der Waals surface area contributed by atoms with Crippen molar-refractivity contribution in [3.63, 3.8) is 0 Å². The zero-order chi connectivity index (χ0) is 18.9. The lowest BCUT2D eigenvalue weighted by molar-refractivity contribution is 0.172. The van der Waals surface area contributed by atoms with Gasteiger partial charge in [0.05, 0.1) is 11.4 Å². The van der Waals surface area contributed by atoms with Crippen molar-refractivity contribution in [3.05, 3.63) is 24.3 Å². The number of methoxy groups -OCH3 is 1. The molecule has 2 N–H and O–H groups in total. The highest BCUT2D eigenvalue weighted by molar-refractivity contribution is 7.92. The zero-order valence-electron chi connectivity index (χ0n) is 15.6. The summed E-state index contributed by atoms with van der Waals surface area (Å²) in [6.07, 6.45) is 2.05. The molecule has 0 spiro atoms. The van der Waals surface area contributed by atoms with Gasteiger partial charge >= 0.3 is 0 Å². The SMILES string of the molecule is CN=C(NCC(C)(C)S(C)(=O)=O)Nc1cccc(OCCCOC)c1. The van der Waals surface area contributed by atoms with Crippen molar-refractivity contribution in [1.29, 1.82) is 0 Å². The van der Waals surface area contributed by atoms with Crippen molar-refractivity contribution >= 4 is 21.5 Å². The Morgan fingerprint density at radius 1 is 1.28 bits per heavy atom. The van der Waals surface area contributed by atoms with E-state index in [1.54, 1.807) is 28.0 Å². The molecular formula is C17H29N3O4S. The molecule has 0 saturated carbocycles. The Balaban J connectivity index is 2.64. The van der Waals surface area contributed by atoms with E-state index in [0.717, 1.165) is 17.9 Å². The lowest BCUT2D eigenvalue weighted by Crippen LogP contribution is -2.45. The van der Waals surface area contributed by atoms with Gasteiger partial charge in [-0.15, -0.1) is 0 Å². The molecule has 0 atom stereocenters. The van der Waals surface area contributed by atoms with Gasteiger partial charge in [0, 0.05) is 51.7 Å². The predicted molar refractivity (Wildman–Crippen MR) is 102 cm³/mol. The Labute approximate surface area is 150 Å². The number of benzene rings is 1. The van der Waals surface area contributed by atoms with Crippen LogP contribution < -0.4 is 15.4 Å². The number of hydrogen-bond acceptors (Lipinski definition) is 5. The third-order valence-corrected chi connectivity index (χ3v) is 5.92. The smallest absolute Gasteiger partial charge is 0.195 e. The minimum atomic E-state index is -3.18. The molecule has 0 heterocycles. The fraction of sp³-hybridized carbons (Fsp3) is 0.588. The molecule has 7 nitrogen and oxygen atoms in total. The Bertz CT molecular complexity index is 672. The van der Waals surface area contributed by atoms with Crippen LogP contribution in [0.25, 0.3) is 0 Å². The van der Waals surface area contributed by atoms with E-state index in [4.69, 9.17) is 9.47 Å². The lowest BCUT2D eigenvalue weighted by atomic mass is 10.2. The van der Waals surface area contributed by atoms with Gasteiger partial charge in [-0.05, 0) is 26.0 Å². The number of ether oxygens (including phenoxy) is 2. The van der Waals surface area contributed by atoms with Gasteiger partial charge in [-0.2, -0.15) is 0 Å². The zero-order valence-corrected chi connectivity index (χ0v) is 16.4.